The summed E-state index contributed by atoms with van der Waals surface area (Å²) in [5, 5.41) is 6.30. The topological polar surface area (TPSA) is 85.6 Å². The van der Waals surface area contributed by atoms with E-state index in [-0.39, 0.29) is 23.8 Å². The van der Waals surface area contributed by atoms with E-state index >= 15 is 0 Å². The lowest BCUT2D eigenvalue weighted by Gasteiger charge is -2.22. The predicted octanol–water partition coefficient (Wildman–Crippen LogP) is 3.75. The third kappa shape index (κ3) is 3.83. The molecule has 4 rings (SSSR count). The SMILES string of the molecule is COc1cccc(OC)c1C(=O)NC1CCCC1Nc1nc2ccc(F)cc2o1. The molecule has 0 bridgehead atoms. The fourth-order valence-corrected chi connectivity index (χ4v) is 3.74. The zero-order valence-electron chi connectivity index (χ0n) is 16.2. The van der Waals surface area contributed by atoms with Gasteiger partial charge in [-0.3, -0.25) is 4.79 Å². The molecule has 1 aliphatic carbocycles. The van der Waals surface area contributed by atoms with Crippen molar-refractivity contribution in [1.82, 2.24) is 10.3 Å². The van der Waals surface area contributed by atoms with Gasteiger partial charge >= 0.3 is 0 Å². The highest BCUT2D eigenvalue weighted by Crippen LogP contribution is 2.30. The summed E-state index contributed by atoms with van der Waals surface area (Å²) < 4.78 is 29.6. The van der Waals surface area contributed by atoms with Gasteiger partial charge in [-0.25, -0.2) is 4.39 Å². The summed E-state index contributed by atoms with van der Waals surface area (Å²) in [4.78, 5) is 17.3. The van der Waals surface area contributed by atoms with Gasteiger partial charge in [0.25, 0.3) is 11.9 Å². The molecule has 1 aliphatic rings. The molecule has 8 heteroatoms. The molecule has 1 aromatic heterocycles. The molecular formula is C21H22FN3O4. The molecular weight excluding hydrogens is 377 g/mol. The number of nitrogens with one attached hydrogen (secondary N) is 2. The number of carbonyl (C=O) groups is 1. The molecule has 2 unspecified atom stereocenters. The summed E-state index contributed by atoms with van der Waals surface area (Å²) in [6.07, 6.45) is 2.61. The highest BCUT2D eigenvalue weighted by Gasteiger charge is 2.31. The number of ether oxygens (including phenoxy) is 2. The number of hydrogen-bond donors (Lipinski definition) is 2. The first-order valence-corrected chi connectivity index (χ1v) is 9.43. The minimum absolute atomic E-state index is 0.0578. The van der Waals surface area contributed by atoms with Crippen LogP contribution >= 0.6 is 0 Å². The van der Waals surface area contributed by atoms with Gasteiger partial charge < -0.3 is 24.5 Å². The van der Waals surface area contributed by atoms with Crippen molar-refractivity contribution in [2.24, 2.45) is 0 Å². The number of benzene rings is 2. The molecule has 0 saturated heterocycles. The largest absolute Gasteiger partial charge is 0.496 e. The molecule has 0 spiro atoms. The van der Waals surface area contributed by atoms with Crippen LogP contribution in [0, 0.1) is 5.82 Å². The Bertz CT molecular complexity index is 1010. The van der Waals surface area contributed by atoms with Crippen LogP contribution in [0.3, 0.4) is 0 Å². The van der Waals surface area contributed by atoms with Crippen LogP contribution in [0.25, 0.3) is 11.1 Å². The number of aromatic nitrogens is 1. The lowest BCUT2D eigenvalue weighted by molar-refractivity contribution is 0.0929. The predicted molar refractivity (Wildman–Crippen MR) is 106 cm³/mol. The Kier molecular flexibility index (Phi) is 5.24. The minimum atomic E-state index is -0.378. The van der Waals surface area contributed by atoms with Crippen molar-refractivity contribution >= 4 is 23.0 Å². The fraction of sp³-hybridized carbons (Fsp3) is 0.333. The molecule has 2 atom stereocenters. The second kappa shape index (κ2) is 7.98. The Labute approximate surface area is 167 Å². The maximum absolute atomic E-state index is 13.4. The Morgan fingerprint density at radius 1 is 1.14 bits per heavy atom. The normalized spacial score (nSPS) is 18.6. The second-order valence-corrected chi connectivity index (χ2v) is 6.93. The summed E-state index contributed by atoms with van der Waals surface area (Å²) in [6.45, 7) is 0. The summed E-state index contributed by atoms with van der Waals surface area (Å²) >= 11 is 0. The number of halogens is 1. The summed E-state index contributed by atoms with van der Waals surface area (Å²) in [5.41, 5.74) is 1.32. The standard InChI is InChI=1S/C21H22FN3O4/c1-27-16-7-4-8-17(28-2)19(16)20(26)23-13-5-3-6-14(13)24-21-25-15-10-9-12(22)11-18(15)29-21/h4,7-11,13-14H,3,5-6H2,1-2H3,(H,23,26)(H,24,25). The first-order chi connectivity index (χ1) is 14.1. The quantitative estimate of drug-likeness (QED) is 0.657. The number of methoxy groups -OCH3 is 2. The third-order valence-corrected chi connectivity index (χ3v) is 5.15. The summed E-state index contributed by atoms with van der Waals surface area (Å²) in [5.74, 6) is 0.255. The summed E-state index contributed by atoms with van der Waals surface area (Å²) in [7, 11) is 3.03. The highest BCUT2D eigenvalue weighted by atomic mass is 19.1. The molecule has 1 fully saturated rings. The van der Waals surface area contributed by atoms with Crippen molar-refractivity contribution < 1.29 is 23.1 Å². The van der Waals surface area contributed by atoms with E-state index in [2.05, 4.69) is 15.6 Å². The number of amides is 1. The zero-order chi connectivity index (χ0) is 20.4. The lowest BCUT2D eigenvalue weighted by atomic mass is 10.1. The molecule has 7 nitrogen and oxygen atoms in total. The number of fused-ring (bicyclic) bond motifs is 1. The van der Waals surface area contributed by atoms with E-state index in [0.29, 0.717) is 34.2 Å². The second-order valence-electron chi connectivity index (χ2n) is 6.93. The molecule has 1 saturated carbocycles. The molecule has 3 aromatic rings. The summed E-state index contributed by atoms with van der Waals surface area (Å²) in [6, 6.07) is 9.56. The molecule has 29 heavy (non-hydrogen) atoms. The zero-order valence-corrected chi connectivity index (χ0v) is 16.2. The van der Waals surface area contributed by atoms with Crippen molar-refractivity contribution in [3.63, 3.8) is 0 Å². The van der Waals surface area contributed by atoms with Gasteiger partial charge in [-0.05, 0) is 43.5 Å². The first kappa shape index (κ1) is 19.0. The monoisotopic (exact) mass is 399 g/mol. The van der Waals surface area contributed by atoms with Gasteiger partial charge in [0.2, 0.25) is 0 Å². The van der Waals surface area contributed by atoms with Gasteiger partial charge in [0.05, 0.1) is 20.3 Å². The molecule has 152 valence electrons. The van der Waals surface area contributed by atoms with Crippen LogP contribution in [0.15, 0.2) is 40.8 Å². The Balaban J connectivity index is 1.51. The van der Waals surface area contributed by atoms with E-state index in [0.717, 1.165) is 19.3 Å². The molecule has 1 amide bonds. The Morgan fingerprint density at radius 2 is 1.86 bits per heavy atom. The number of rotatable bonds is 6. The number of oxazole rings is 1. The van der Waals surface area contributed by atoms with Gasteiger partial charge in [0, 0.05) is 12.1 Å². The average molecular weight is 399 g/mol. The third-order valence-electron chi connectivity index (χ3n) is 5.15. The van der Waals surface area contributed by atoms with Crippen LogP contribution in [0.2, 0.25) is 0 Å². The van der Waals surface area contributed by atoms with Gasteiger partial charge in [0.15, 0.2) is 5.58 Å². The first-order valence-electron chi connectivity index (χ1n) is 9.43. The molecule has 2 aromatic carbocycles. The smallest absolute Gasteiger partial charge is 0.295 e. The van der Waals surface area contributed by atoms with Crippen LogP contribution in [0.4, 0.5) is 10.4 Å². The van der Waals surface area contributed by atoms with Crippen molar-refractivity contribution in [3.05, 3.63) is 47.8 Å². The van der Waals surface area contributed by atoms with E-state index in [1.165, 1.54) is 26.4 Å². The van der Waals surface area contributed by atoms with Gasteiger partial charge in [-0.2, -0.15) is 4.98 Å². The van der Waals surface area contributed by atoms with E-state index in [1.54, 1.807) is 24.3 Å². The number of carbonyl (C=O) groups excluding carboxylic acids is 1. The minimum Gasteiger partial charge on any atom is -0.496 e. The van der Waals surface area contributed by atoms with Crippen LogP contribution in [-0.4, -0.2) is 37.2 Å². The van der Waals surface area contributed by atoms with Crippen molar-refractivity contribution in [1.29, 1.82) is 0 Å². The van der Waals surface area contributed by atoms with Gasteiger partial charge in [-0.1, -0.05) is 6.07 Å². The van der Waals surface area contributed by atoms with Crippen molar-refractivity contribution in [3.8, 4) is 11.5 Å². The van der Waals surface area contributed by atoms with Gasteiger partial charge in [0.1, 0.15) is 28.4 Å². The maximum Gasteiger partial charge on any atom is 0.295 e. The Morgan fingerprint density at radius 3 is 2.59 bits per heavy atom. The molecule has 1 heterocycles. The van der Waals surface area contributed by atoms with Crippen molar-refractivity contribution in [2.75, 3.05) is 19.5 Å². The van der Waals surface area contributed by atoms with Crippen molar-refractivity contribution in [2.45, 2.75) is 31.3 Å². The van der Waals surface area contributed by atoms with E-state index in [4.69, 9.17) is 13.9 Å². The molecule has 0 radical (unpaired) electrons. The van der Waals surface area contributed by atoms with Crippen LogP contribution in [0.5, 0.6) is 11.5 Å². The average Bonchev–Trinajstić information content (AvgIpc) is 3.33. The fourth-order valence-electron chi connectivity index (χ4n) is 3.74. The van der Waals surface area contributed by atoms with Crippen LogP contribution < -0.4 is 20.1 Å². The number of anilines is 1. The van der Waals surface area contributed by atoms with E-state index < -0.39 is 0 Å². The van der Waals surface area contributed by atoms with Crippen LogP contribution in [-0.2, 0) is 0 Å². The number of nitrogens with zero attached hydrogens (tertiary/aromatic N) is 1. The molecule has 0 aliphatic heterocycles. The lowest BCUT2D eigenvalue weighted by Crippen LogP contribution is -2.43. The van der Waals surface area contributed by atoms with Crippen LogP contribution in [0.1, 0.15) is 29.6 Å². The number of hydrogen-bond acceptors (Lipinski definition) is 6. The maximum atomic E-state index is 13.4. The molecule has 2 N–H and O–H groups in total. The van der Waals surface area contributed by atoms with E-state index in [9.17, 15) is 9.18 Å². The highest BCUT2D eigenvalue weighted by molar-refractivity contribution is 6.00. The van der Waals surface area contributed by atoms with E-state index in [1.807, 2.05) is 0 Å². The Hall–Kier alpha value is -3.29. The van der Waals surface area contributed by atoms with Gasteiger partial charge in [-0.15, -0.1) is 0 Å².